The third kappa shape index (κ3) is 1.91. The van der Waals surface area contributed by atoms with Crippen LogP contribution >= 0.6 is 0 Å². The lowest BCUT2D eigenvalue weighted by atomic mass is 9.72. The molecule has 13 heavy (non-hydrogen) atoms. The highest BCUT2D eigenvalue weighted by Gasteiger charge is 2.50. The molecule has 74 valence electrons. The molecule has 0 aromatic rings. The lowest BCUT2D eigenvalue weighted by molar-refractivity contribution is -0.136. The first kappa shape index (κ1) is 10.3. The molecule has 0 aliphatic heterocycles. The first-order valence-corrected chi connectivity index (χ1v) is 4.40. The van der Waals surface area contributed by atoms with Crippen LogP contribution in [0.2, 0.25) is 0 Å². The molecule has 1 saturated carbocycles. The zero-order valence-electron chi connectivity index (χ0n) is 7.63. The van der Waals surface area contributed by atoms with Gasteiger partial charge in [0.1, 0.15) is 0 Å². The molecule has 1 aliphatic carbocycles. The standard InChI is InChI=1S/C8H13F2N3/c1-7(6-12-13-11)4-2-3-5-8(7,9)10/h2-6H2,1H3. The Hall–Kier alpha value is -0.830. The van der Waals surface area contributed by atoms with Crippen LogP contribution in [0.5, 0.6) is 0 Å². The van der Waals surface area contributed by atoms with Crippen LogP contribution in [0.1, 0.15) is 32.6 Å². The molecule has 0 aromatic heterocycles. The zero-order chi connectivity index (χ0) is 9.95. The van der Waals surface area contributed by atoms with Crippen molar-refractivity contribution in [3.8, 4) is 0 Å². The Morgan fingerprint density at radius 1 is 1.38 bits per heavy atom. The number of nitrogens with zero attached hydrogens (tertiary/aromatic N) is 3. The average molecular weight is 189 g/mol. The normalized spacial score (nSPS) is 32.2. The van der Waals surface area contributed by atoms with E-state index in [1.807, 2.05) is 0 Å². The van der Waals surface area contributed by atoms with Crippen molar-refractivity contribution in [3.63, 3.8) is 0 Å². The molecule has 1 unspecified atom stereocenters. The molecular formula is C8H13F2N3. The Balaban J connectivity index is 2.77. The molecule has 1 aliphatic rings. The van der Waals surface area contributed by atoms with E-state index in [4.69, 9.17) is 5.53 Å². The van der Waals surface area contributed by atoms with E-state index in [0.717, 1.165) is 6.42 Å². The second kappa shape index (κ2) is 3.50. The van der Waals surface area contributed by atoms with Gasteiger partial charge in [-0.3, -0.25) is 0 Å². The number of hydrogen-bond acceptors (Lipinski definition) is 1. The molecule has 0 bridgehead atoms. The van der Waals surface area contributed by atoms with Gasteiger partial charge in [-0.25, -0.2) is 8.78 Å². The van der Waals surface area contributed by atoms with Crippen LogP contribution in [-0.4, -0.2) is 12.5 Å². The van der Waals surface area contributed by atoms with Crippen LogP contribution < -0.4 is 0 Å². The Kier molecular flexibility index (Phi) is 2.76. The summed E-state index contributed by atoms with van der Waals surface area (Å²) in [5, 5.41) is 3.26. The summed E-state index contributed by atoms with van der Waals surface area (Å²) in [5.74, 6) is -2.68. The lowest BCUT2D eigenvalue weighted by Crippen LogP contribution is -2.43. The minimum Gasteiger partial charge on any atom is -0.206 e. The molecule has 0 heterocycles. The van der Waals surface area contributed by atoms with E-state index >= 15 is 0 Å². The van der Waals surface area contributed by atoms with E-state index < -0.39 is 11.3 Å². The van der Waals surface area contributed by atoms with Crippen molar-refractivity contribution in [1.29, 1.82) is 0 Å². The van der Waals surface area contributed by atoms with Gasteiger partial charge in [-0.2, -0.15) is 0 Å². The first-order valence-electron chi connectivity index (χ1n) is 4.40. The number of halogens is 2. The summed E-state index contributed by atoms with van der Waals surface area (Å²) in [6.45, 7) is 1.40. The van der Waals surface area contributed by atoms with E-state index in [0.29, 0.717) is 12.8 Å². The highest BCUT2D eigenvalue weighted by molar-refractivity contribution is 4.93. The van der Waals surface area contributed by atoms with Crippen molar-refractivity contribution in [1.82, 2.24) is 0 Å². The van der Waals surface area contributed by atoms with Crippen LogP contribution in [-0.2, 0) is 0 Å². The molecule has 0 spiro atoms. The molecule has 5 heteroatoms. The molecule has 1 rings (SSSR count). The SMILES string of the molecule is CC1(CN=[N+]=[N-])CCCCC1(F)F. The topological polar surface area (TPSA) is 48.8 Å². The van der Waals surface area contributed by atoms with Gasteiger partial charge in [0.05, 0.1) is 0 Å². The van der Waals surface area contributed by atoms with E-state index in [2.05, 4.69) is 10.0 Å². The van der Waals surface area contributed by atoms with E-state index in [1.165, 1.54) is 6.92 Å². The third-order valence-electron chi connectivity index (χ3n) is 2.84. The zero-order valence-corrected chi connectivity index (χ0v) is 7.63. The highest BCUT2D eigenvalue weighted by atomic mass is 19.3. The Morgan fingerprint density at radius 2 is 2.00 bits per heavy atom. The molecule has 1 atom stereocenters. The summed E-state index contributed by atoms with van der Waals surface area (Å²) >= 11 is 0. The van der Waals surface area contributed by atoms with E-state index in [1.54, 1.807) is 0 Å². The monoisotopic (exact) mass is 189 g/mol. The highest BCUT2D eigenvalue weighted by Crippen LogP contribution is 2.48. The average Bonchev–Trinajstić information content (AvgIpc) is 2.07. The van der Waals surface area contributed by atoms with Gasteiger partial charge in [0.25, 0.3) is 5.92 Å². The van der Waals surface area contributed by atoms with Crippen molar-refractivity contribution < 1.29 is 8.78 Å². The quantitative estimate of drug-likeness (QED) is 0.362. The summed E-state index contributed by atoms with van der Waals surface area (Å²) in [6.07, 6.45) is 1.73. The third-order valence-corrected chi connectivity index (χ3v) is 2.84. The Bertz CT molecular complexity index is 236. The van der Waals surface area contributed by atoms with Crippen molar-refractivity contribution in [2.75, 3.05) is 6.54 Å². The van der Waals surface area contributed by atoms with Gasteiger partial charge in [0, 0.05) is 23.3 Å². The van der Waals surface area contributed by atoms with Gasteiger partial charge in [-0.15, -0.1) is 0 Å². The molecule has 1 fully saturated rings. The lowest BCUT2D eigenvalue weighted by Gasteiger charge is -2.40. The summed E-state index contributed by atoms with van der Waals surface area (Å²) in [6, 6.07) is 0. The fourth-order valence-electron chi connectivity index (χ4n) is 1.73. The van der Waals surface area contributed by atoms with Gasteiger partial charge in [0.2, 0.25) is 0 Å². The van der Waals surface area contributed by atoms with E-state index in [9.17, 15) is 8.78 Å². The number of alkyl halides is 2. The Morgan fingerprint density at radius 3 is 2.54 bits per heavy atom. The summed E-state index contributed by atoms with van der Waals surface area (Å²) in [5.41, 5.74) is 6.97. The van der Waals surface area contributed by atoms with Crippen LogP contribution in [0, 0.1) is 5.41 Å². The molecule has 0 aromatic carbocycles. The van der Waals surface area contributed by atoms with Gasteiger partial charge in [-0.05, 0) is 18.4 Å². The molecule has 3 nitrogen and oxygen atoms in total. The van der Waals surface area contributed by atoms with Gasteiger partial charge < -0.3 is 0 Å². The maximum absolute atomic E-state index is 13.4. The van der Waals surface area contributed by atoms with Gasteiger partial charge >= 0.3 is 0 Å². The number of azide groups is 1. The van der Waals surface area contributed by atoms with Gasteiger partial charge in [0.15, 0.2) is 0 Å². The second-order valence-electron chi connectivity index (χ2n) is 3.86. The largest absolute Gasteiger partial charge is 0.253 e. The van der Waals surface area contributed by atoms with Crippen LogP contribution in [0.3, 0.4) is 0 Å². The second-order valence-corrected chi connectivity index (χ2v) is 3.86. The molecule has 0 saturated heterocycles. The fourth-order valence-corrected chi connectivity index (χ4v) is 1.73. The summed E-state index contributed by atoms with van der Waals surface area (Å²) < 4.78 is 26.8. The molecule has 0 radical (unpaired) electrons. The van der Waals surface area contributed by atoms with Crippen LogP contribution in [0.25, 0.3) is 10.4 Å². The van der Waals surface area contributed by atoms with Crippen LogP contribution in [0.4, 0.5) is 8.78 Å². The minimum atomic E-state index is -2.68. The van der Waals surface area contributed by atoms with Crippen molar-refractivity contribution in [2.45, 2.75) is 38.5 Å². The molecular weight excluding hydrogens is 176 g/mol. The maximum atomic E-state index is 13.4. The summed E-state index contributed by atoms with van der Waals surface area (Å²) in [4.78, 5) is 2.53. The number of rotatable bonds is 2. The van der Waals surface area contributed by atoms with Crippen molar-refractivity contribution in [2.24, 2.45) is 10.5 Å². The number of hydrogen-bond donors (Lipinski definition) is 0. The maximum Gasteiger partial charge on any atom is 0.253 e. The predicted octanol–water partition coefficient (Wildman–Crippen LogP) is 3.51. The first-order chi connectivity index (χ1) is 6.02. The van der Waals surface area contributed by atoms with Gasteiger partial charge in [-0.1, -0.05) is 18.5 Å². The van der Waals surface area contributed by atoms with E-state index in [-0.39, 0.29) is 13.0 Å². The van der Waals surface area contributed by atoms with Crippen molar-refractivity contribution in [3.05, 3.63) is 10.4 Å². The Labute approximate surface area is 75.8 Å². The van der Waals surface area contributed by atoms with Crippen molar-refractivity contribution >= 4 is 0 Å². The summed E-state index contributed by atoms with van der Waals surface area (Å²) in [7, 11) is 0. The fraction of sp³-hybridized carbons (Fsp3) is 1.00. The van der Waals surface area contributed by atoms with Crippen LogP contribution in [0.15, 0.2) is 5.11 Å². The predicted molar refractivity (Wildman–Crippen MR) is 45.5 cm³/mol. The smallest absolute Gasteiger partial charge is 0.206 e. The molecule has 0 N–H and O–H groups in total. The molecule has 0 amide bonds. The minimum absolute atomic E-state index is 0.0789.